The molecule has 1 aliphatic heterocycles. The third-order valence-corrected chi connectivity index (χ3v) is 4.84. The van der Waals surface area contributed by atoms with Gasteiger partial charge < -0.3 is 10.1 Å². The molecule has 1 saturated carbocycles. The second kappa shape index (κ2) is 6.88. The summed E-state index contributed by atoms with van der Waals surface area (Å²) in [4.78, 5) is 2.62. The third-order valence-electron chi connectivity index (χ3n) is 4.84. The third kappa shape index (κ3) is 3.69. The van der Waals surface area contributed by atoms with Crippen molar-refractivity contribution >= 4 is 0 Å². The van der Waals surface area contributed by atoms with Crippen molar-refractivity contribution in [1.82, 2.24) is 10.2 Å². The number of hydrogen-bond acceptors (Lipinski definition) is 3. The van der Waals surface area contributed by atoms with Crippen molar-refractivity contribution in [2.24, 2.45) is 5.92 Å². The smallest absolute Gasteiger partial charge is 0.0670 e. The van der Waals surface area contributed by atoms with E-state index in [9.17, 15) is 0 Å². The first-order chi connectivity index (χ1) is 8.70. The molecule has 2 fully saturated rings. The van der Waals surface area contributed by atoms with E-state index in [-0.39, 0.29) is 0 Å². The van der Waals surface area contributed by atoms with Crippen molar-refractivity contribution in [1.29, 1.82) is 0 Å². The molecule has 0 spiro atoms. The molecule has 3 nitrogen and oxygen atoms in total. The van der Waals surface area contributed by atoms with Gasteiger partial charge in [0.05, 0.1) is 6.10 Å². The van der Waals surface area contributed by atoms with E-state index in [1.54, 1.807) is 0 Å². The maximum absolute atomic E-state index is 5.42. The number of ether oxygens (including phenoxy) is 1. The number of methoxy groups -OCH3 is 1. The van der Waals surface area contributed by atoms with Crippen molar-refractivity contribution in [2.75, 3.05) is 26.7 Å². The Kier molecular flexibility index (Phi) is 5.46. The Hall–Kier alpha value is -0.120. The standard InChI is InChI=1S/C15H30N2O/c1-12-9-16-15(14-7-5-4-6-8-14)11-17(12)10-13(2)18-3/h12-16H,4-11H2,1-3H3. The summed E-state index contributed by atoms with van der Waals surface area (Å²) in [5.41, 5.74) is 0. The number of piperazine rings is 1. The summed E-state index contributed by atoms with van der Waals surface area (Å²) in [6, 6.07) is 1.35. The van der Waals surface area contributed by atoms with E-state index in [0.29, 0.717) is 18.2 Å². The van der Waals surface area contributed by atoms with Gasteiger partial charge in [-0.15, -0.1) is 0 Å². The highest BCUT2D eigenvalue weighted by molar-refractivity contribution is 4.89. The summed E-state index contributed by atoms with van der Waals surface area (Å²) in [6.45, 7) is 7.91. The molecule has 0 aromatic carbocycles. The maximum Gasteiger partial charge on any atom is 0.0670 e. The highest BCUT2D eigenvalue weighted by atomic mass is 16.5. The van der Waals surface area contributed by atoms with Gasteiger partial charge in [-0.05, 0) is 32.6 Å². The number of rotatable bonds is 4. The fourth-order valence-corrected chi connectivity index (χ4v) is 3.46. The lowest BCUT2D eigenvalue weighted by Crippen LogP contribution is -2.59. The minimum absolute atomic E-state index is 0.345. The van der Waals surface area contributed by atoms with Crippen LogP contribution in [0.2, 0.25) is 0 Å². The number of nitrogens with zero attached hydrogens (tertiary/aromatic N) is 1. The van der Waals surface area contributed by atoms with Gasteiger partial charge in [-0.1, -0.05) is 19.3 Å². The van der Waals surface area contributed by atoms with Gasteiger partial charge in [-0.3, -0.25) is 4.90 Å². The summed E-state index contributed by atoms with van der Waals surface area (Å²) in [5, 5.41) is 3.78. The zero-order chi connectivity index (χ0) is 13.0. The van der Waals surface area contributed by atoms with Gasteiger partial charge in [0.15, 0.2) is 0 Å². The SMILES string of the molecule is COC(C)CN1CC(C2CCCCC2)NCC1C. The van der Waals surface area contributed by atoms with Crippen molar-refractivity contribution in [3.05, 3.63) is 0 Å². The molecule has 0 aromatic rings. The van der Waals surface area contributed by atoms with Crippen LogP contribution in [0.5, 0.6) is 0 Å². The lowest BCUT2D eigenvalue weighted by Gasteiger charge is -2.43. The summed E-state index contributed by atoms with van der Waals surface area (Å²) in [6.07, 6.45) is 7.53. The summed E-state index contributed by atoms with van der Waals surface area (Å²) in [5.74, 6) is 0.909. The lowest BCUT2D eigenvalue weighted by atomic mass is 9.82. The van der Waals surface area contributed by atoms with Gasteiger partial charge in [0.25, 0.3) is 0 Å². The Morgan fingerprint density at radius 2 is 2.00 bits per heavy atom. The molecule has 3 atom stereocenters. The second-order valence-corrected chi connectivity index (χ2v) is 6.26. The highest BCUT2D eigenvalue weighted by Gasteiger charge is 2.31. The van der Waals surface area contributed by atoms with Crippen LogP contribution >= 0.6 is 0 Å². The average molecular weight is 254 g/mol. The van der Waals surface area contributed by atoms with Crippen LogP contribution < -0.4 is 5.32 Å². The quantitative estimate of drug-likeness (QED) is 0.833. The first-order valence-corrected chi connectivity index (χ1v) is 7.71. The second-order valence-electron chi connectivity index (χ2n) is 6.26. The van der Waals surface area contributed by atoms with Crippen molar-refractivity contribution in [3.8, 4) is 0 Å². The van der Waals surface area contributed by atoms with E-state index >= 15 is 0 Å². The summed E-state index contributed by atoms with van der Waals surface area (Å²) < 4.78 is 5.42. The van der Waals surface area contributed by atoms with Gasteiger partial charge in [0.1, 0.15) is 0 Å². The van der Waals surface area contributed by atoms with Gasteiger partial charge >= 0.3 is 0 Å². The molecular formula is C15H30N2O. The normalized spacial score (nSPS) is 33.5. The number of nitrogens with one attached hydrogen (secondary N) is 1. The number of hydrogen-bond donors (Lipinski definition) is 1. The largest absolute Gasteiger partial charge is 0.380 e. The Morgan fingerprint density at radius 1 is 1.28 bits per heavy atom. The molecule has 1 saturated heterocycles. The topological polar surface area (TPSA) is 24.5 Å². The predicted molar refractivity (Wildman–Crippen MR) is 75.9 cm³/mol. The molecule has 1 aliphatic carbocycles. The molecule has 3 heteroatoms. The molecule has 0 radical (unpaired) electrons. The zero-order valence-corrected chi connectivity index (χ0v) is 12.3. The summed E-state index contributed by atoms with van der Waals surface area (Å²) >= 11 is 0. The van der Waals surface area contributed by atoms with E-state index in [4.69, 9.17) is 4.74 Å². The van der Waals surface area contributed by atoms with Gasteiger partial charge in [-0.2, -0.15) is 0 Å². The molecular weight excluding hydrogens is 224 g/mol. The maximum atomic E-state index is 5.42. The van der Waals surface area contributed by atoms with Crippen LogP contribution in [-0.2, 0) is 4.74 Å². The van der Waals surface area contributed by atoms with E-state index in [0.717, 1.165) is 19.0 Å². The van der Waals surface area contributed by atoms with Crippen LogP contribution in [0, 0.1) is 5.92 Å². The Bertz CT molecular complexity index is 241. The first-order valence-electron chi connectivity index (χ1n) is 7.71. The fourth-order valence-electron chi connectivity index (χ4n) is 3.46. The Morgan fingerprint density at radius 3 is 2.67 bits per heavy atom. The summed E-state index contributed by atoms with van der Waals surface area (Å²) in [7, 11) is 1.82. The Labute approximate surface area is 112 Å². The van der Waals surface area contributed by atoms with Crippen LogP contribution in [0.25, 0.3) is 0 Å². The van der Waals surface area contributed by atoms with Crippen LogP contribution in [0.4, 0.5) is 0 Å². The predicted octanol–water partition coefficient (Wildman–Crippen LogP) is 2.26. The molecule has 0 aromatic heterocycles. The first kappa shape index (κ1) is 14.3. The molecule has 1 N–H and O–H groups in total. The lowest BCUT2D eigenvalue weighted by molar-refractivity contribution is 0.0353. The molecule has 0 bridgehead atoms. The van der Waals surface area contributed by atoms with Crippen LogP contribution in [-0.4, -0.2) is 49.8 Å². The zero-order valence-electron chi connectivity index (χ0n) is 12.3. The van der Waals surface area contributed by atoms with Crippen molar-refractivity contribution < 1.29 is 4.74 Å². The highest BCUT2D eigenvalue weighted by Crippen LogP contribution is 2.28. The van der Waals surface area contributed by atoms with Crippen LogP contribution in [0.3, 0.4) is 0 Å². The van der Waals surface area contributed by atoms with Crippen LogP contribution in [0.1, 0.15) is 46.0 Å². The van der Waals surface area contributed by atoms with E-state index in [1.165, 1.54) is 38.6 Å². The van der Waals surface area contributed by atoms with E-state index in [2.05, 4.69) is 24.1 Å². The minimum Gasteiger partial charge on any atom is -0.380 e. The Balaban J connectivity index is 1.86. The minimum atomic E-state index is 0.345. The molecule has 1 heterocycles. The molecule has 2 rings (SSSR count). The molecule has 0 amide bonds. The van der Waals surface area contributed by atoms with Gasteiger partial charge in [0, 0.05) is 38.8 Å². The monoisotopic (exact) mass is 254 g/mol. The van der Waals surface area contributed by atoms with Crippen molar-refractivity contribution in [2.45, 2.75) is 64.1 Å². The van der Waals surface area contributed by atoms with E-state index < -0.39 is 0 Å². The molecule has 3 unspecified atom stereocenters. The van der Waals surface area contributed by atoms with Gasteiger partial charge in [0.2, 0.25) is 0 Å². The molecule has 18 heavy (non-hydrogen) atoms. The van der Waals surface area contributed by atoms with Gasteiger partial charge in [-0.25, -0.2) is 0 Å². The van der Waals surface area contributed by atoms with E-state index in [1.807, 2.05) is 7.11 Å². The fraction of sp³-hybridized carbons (Fsp3) is 1.00. The van der Waals surface area contributed by atoms with Crippen molar-refractivity contribution in [3.63, 3.8) is 0 Å². The average Bonchev–Trinajstić information content (AvgIpc) is 2.42. The van der Waals surface area contributed by atoms with Crippen LogP contribution in [0.15, 0.2) is 0 Å². The molecule has 106 valence electrons. The molecule has 2 aliphatic rings.